The fourth-order valence-electron chi connectivity index (χ4n) is 2.07. The van der Waals surface area contributed by atoms with E-state index in [2.05, 4.69) is 27.5 Å². The van der Waals surface area contributed by atoms with Crippen molar-refractivity contribution in [3.8, 4) is 5.75 Å². The molecule has 2 rings (SSSR count). The van der Waals surface area contributed by atoms with Crippen LogP contribution in [0.4, 0.5) is 0 Å². The van der Waals surface area contributed by atoms with Gasteiger partial charge in [0.15, 0.2) is 5.96 Å². The molecule has 1 heterocycles. The summed E-state index contributed by atoms with van der Waals surface area (Å²) >= 11 is 0. The zero-order chi connectivity index (χ0) is 16.5. The minimum Gasteiger partial charge on any atom is -0.492 e. The quantitative estimate of drug-likeness (QED) is 0.314. The van der Waals surface area contributed by atoms with Crippen LogP contribution in [-0.2, 0) is 6.54 Å². The molecule has 5 nitrogen and oxygen atoms in total. The highest BCUT2D eigenvalue weighted by atomic mass is 127. The van der Waals surface area contributed by atoms with E-state index in [4.69, 9.17) is 4.74 Å². The Morgan fingerprint density at radius 2 is 1.83 bits per heavy atom. The zero-order valence-electron chi connectivity index (χ0n) is 14.4. The lowest BCUT2D eigenvalue weighted by atomic mass is 10.2. The van der Waals surface area contributed by atoms with Gasteiger partial charge in [0, 0.05) is 12.7 Å². The van der Waals surface area contributed by atoms with E-state index >= 15 is 0 Å². The first-order chi connectivity index (χ1) is 11.2. The van der Waals surface area contributed by atoms with Gasteiger partial charge in [0.1, 0.15) is 12.4 Å². The van der Waals surface area contributed by atoms with Crippen molar-refractivity contribution in [3.63, 3.8) is 0 Å². The summed E-state index contributed by atoms with van der Waals surface area (Å²) in [7, 11) is 1.75. The van der Waals surface area contributed by atoms with Gasteiger partial charge < -0.3 is 15.4 Å². The number of ether oxygens (including phenoxy) is 1. The van der Waals surface area contributed by atoms with Crippen LogP contribution in [-0.4, -0.2) is 31.1 Å². The van der Waals surface area contributed by atoms with Gasteiger partial charge in [-0.2, -0.15) is 0 Å². The maximum absolute atomic E-state index is 5.68. The average Bonchev–Trinajstić information content (AvgIpc) is 2.56. The van der Waals surface area contributed by atoms with E-state index < -0.39 is 0 Å². The molecule has 1 aromatic heterocycles. The standard InChI is InChI=1S/C18H24N4O.HI/c1-14-7-9-17(10-8-14)23-12-11-20-18(19-3)21-13-16-6-4-5-15(2)22-16;/h4-10H,11-13H2,1-3H3,(H2,19,20,21);1H. The lowest BCUT2D eigenvalue weighted by Gasteiger charge is -2.12. The number of hydrogen-bond acceptors (Lipinski definition) is 3. The van der Waals surface area contributed by atoms with E-state index in [1.165, 1.54) is 5.56 Å². The van der Waals surface area contributed by atoms with Gasteiger partial charge in [-0.05, 0) is 38.1 Å². The topological polar surface area (TPSA) is 58.5 Å². The summed E-state index contributed by atoms with van der Waals surface area (Å²) < 4.78 is 5.68. The largest absolute Gasteiger partial charge is 0.492 e. The van der Waals surface area contributed by atoms with Crippen molar-refractivity contribution in [2.24, 2.45) is 4.99 Å². The predicted molar refractivity (Wildman–Crippen MR) is 109 cm³/mol. The molecule has 0 atom stereocenters. The molecule has 0 saturated heterocycles. The van der Waals surface area contributed by atoms with Crippen molar-refractivity contribution < 1.29 is 4.74 Å². The van der Waals surface area contributed by atoms with Crippen LogP contribution in [0.3, 0.4) is 0 Å². The number of rotatable bonds is 6. The third-order valence-corrected chi connectivity index (χ3v) is 3.29. The number of halogens is 1. The minimum absolute atomic E-state index is 0. The van der Waals surface area contributed by atoms with E-state index in [0.717, 1.165) is 23.1 Å². The molecule has 1 aromatic carbocycles. The van der Waals surface area contributed by atoms with E-state index in [9.17, 15) is 0 Å². The maximum atomic E-state index is 5.68. The molecule has 130 valence electrons. The van der Waals surface area contributed by atoms with Crippen LogP contribution < -0.4 is 15.4 Å². The molecular formula is C18H25IN4O. The summed E-state index contributed by atoms with van der Waals surface area (Å²) in [6.07, 6.45) is 0. The Balaban J connectivity index is 0.00000288. The molecule has 24 heavy (non-hydrogen) atoms. The van der Waals surface area contributed by atoms with Crippen LogP contribution in [0.15, 0.2) is 47.5 Å². The van der Waals surface area contributed by atoms with Crippen molar-refractivity contribution >= 4 is 29.9 Å². The Bertz CT molecular complexity index is 644. The third kappa shape index (κ3) is 7.16. The minimum atomic E-state index is 0. The molecule has 0 fully saturated rings. The highest BCUT2D eigenvalue weighted by Gasteiger charge is 2.00. The first kappa shape index (κ1) is 20.2. The molecule has 2 aromatic rings. The first-order valence-electron chi connectivity index (χ1n) is 7.74. The molecule has 2 N–H and O–H groups in total. The fraction of sp³-hybridized carbons (Fsp3) is 0.333. The van der Waals surface area contributed by atoms with Crippen LogP contribution in [0.25, 0.3) is 0 Å². The van der Waals surface area contributed by atoms with E-state index in [1.54, 1.807) is 7.05 Å². The number of aryl methyl sites for hydroxylation is 2. The van der Waals surface area contributed by atoms with E-state index in [0.29, 0.717) is 19.7 Å². The van der Waals surface area contributed by atoms with E-state index in [1.807, 2.05) is 49.4 Å². The normalized spacial score (nSPS) is 10.7. The van der Waals surface area contributed by atoms with Gasteiger partial charge in [-0.25, -0.2) is 0 Å². The maximum Gasteiger partial charge on any atom is 0.191 e. The van der Waals surface area contributed by atoms with Gasteiger partial charge in [-0.3, -0.25) is 9.98 Å². The fourth-order valence-corrected chi connectivity index (χ4v) is 2.07. The van der Waals surface area contributed by atoms with Crippen LogP contribution in [0.2, 0.25) is 0 Å². The zero-order valence-corrected chi connectivity index (χ0v) is 16.7. The van der Waals surface area contributed by atoms with E-state index in [-0.39, 0.29) is 24.0 Å². The van der Waals surface area contributed by atoms with Gasteiger partial charge in [0.25, 0.3) is 0 Å². The van der Waals surface area contributed by atoms with Crippen LogP contribution in [0.5, 0.6) is 5.75 Å². The summed E-state index contributed by atoms with van der Waals surface area (Å²) in [5.41, 5.74) is 3.23. The number of benzene rings is 1. The first-order valence-corrected chi connectivity index (χ1v) is 7.74. The van der Waals surface area contributed by atoms with Crippen molar-refractivity contribution in [1.82, 2.24) is 15.6 Å². The van der Waals surface area contributed by atoms with Gasteiger partial charge >= 0.3 is 0 Å². The second-order valence-corrected chi connectivity index (χ2v) is 5.28. The summed E-state index contributed by atoms with van der Waals surface area (Å²) in [6.45, 7) is 5.94. The highest BCUT2D eigenvalue weighted by Crippen LogP contribution is 2.10. The Hall–Kier alpha value is -1.83. The molecule has 0 amide bonds. The smallest absolute Gasteiger partial charge is 0.191 e. The molecule has 0 aliphatic carbocycles. The summed E-state index contributed by atoms with van der Waals surface area (Å²) in [4.78, 5) is 8.65. The van der Waals surface area contributed by atoms with Crippen LogP contribution >= 0.6 is 24.0 Å². The molecular weight excluding hydrogens is 415 g/mol. The monoisotopic (exact) mass is 440 g/mol. The number of guanidine groups is 1. The summed E-state index contributed by atoms with van der Waals surface area (Å²) in [6, 6.07) is 14.0. The second kappa shape index (κ2) is 10.9. The Kier molecular flexibility index (Phi) is 9.14. The highest BCUT2D eigenvalue weighted by molar-refractivity contribution is 14.0. The molecule has 6 heteroatoms. The lowest BCUT2D eigenvalue weighted by molar-refractivity contribution is 0.322. The van der Waals surface area contributed by atoms with Crippen molar-refractivity contribution in [3.05, 3.63) is 59.4 Å². The SMILES string of the molecule is CN=C(NCCOc1ccc(C)cc1)NCc1cccc(C)n1.I. The predicted octanol–water partition coefficient (Wildman–Crippen LogP) is 3.06. The summed E-state index contributed by atoms with van der Waals surface area (Å²) in [5.74, 6) is 1.62. The van der Waals surface area contributed by atoms with Crippen LogP contribution in [0, 0.1) is 13.8 Å². The number of aromatic nitrogens is 1. The molecule has 0 saturated carbocycles. The molecule has 0 radical (unpaired) electrons. The van der Waals surface area contributed by atoms with Crippen molar-refractivity contribution in [1.29, 1.82) is 0 Å². The van der Waals surface area contributed by atoms with Crippen LogP contribution in [0.1, 0.15) is 17.0 Å². The Labute approximate surface area is 161 Å². The number of nitrogens with one attached hydrogen (secondary N) is 2. The number of hydrogen-bond donors (Lipinski definition) is 2. The van der Waals surface area contributed by atoms with Gasteiger partial charge in [0.2, 0.25) is 0 Å². The number of pyridine rings is 1. The third-order valence-electron chi connectivity index (χ3n) is 3.29. The Morgan fingerprint density at radius 1 is 1.08 bits per heavy atom. The summed E-state index contributed by atoms with van der Waals surface area (Å²) in [5, 5.41) is 6.46. The number of nitrogens with zero attached hydrogens (tertiary/aromatic N) is 2. The van der Waals surface area contributed by atoms with Gasteiger partial charge in [-0.1, -0.05) is 23.8 Å². The molecule has 0 aliphatic rings. The molecule has 0 unspecified atom stereocenters. The average molecular weight is 440 g/mol. The Morgan fingerprint density at radius 3 is 2.50 bits per heavy atom. The molecule has 0 bridgehead atoms. The second-order valence-electron chi connectivity index (χ2n) is 5.28. The lowest BCUT2D eigenvalue weighted by Crippen LogP contribution is -2.39. The van der Waals surface area contributed by atoms with Crippen molar-refractivity contribution in [2.75, 3.05) is 20.2 Å². The molecule has 0 aliphatic heterocycles. The number of aliphatic imine (C=N–C) groups is 1. The van der Waals surface area contributed by atoms with Gasteiger partial charge in [-0.15, -0.1) is 24.0 Å². The molecule has 0 spiro atoms. The van der Waals surface area contributed by atoms with Gasteiger partial charge in [0.05, 0.1) is 18.8 Å². The van der Waals surface area contributed by atoms with Crippen molar-refractivity contribution in [2.45, 2.75) is 20.4 Å².